The van der Waals surface area contributed by atoms with E-state index in [0.29, 0.717) is 13.2 Å². The Balaban J connectivity index is 1.58. The maximum absolute atomic E-state index is 12.3. The fourth-order valence-electron chi connectivity index (χ4n) is 3.12. The maximum Gasteiger partial charge on any atom is 0.224 e. The molecule has 0 saturated carbocycles. The van der Waals surface area contributed by atoms with E-state index in [0.717, 1.165) is 47.8 Å². The number of nitrogens with one attached hydrogen (secondary N) is 1. The van der Waals surface area contributed by atoms with Crippen LogP contribution in [0, 0.1) is 6.92 Å². The number of nitrogens with zero attached hydrogens (tertiary/aromatic N) is 2. The first-order valence-electron chi connectivity index (χ1n) is 8.95. The summed E-state index contributed by atoms with van der Waals surface area (Å²) in [5.74, 6) is 1.72. The van der Waals surface area contributed by atoms with Crippen LogP contribution in [0.5, 0.6) is 5.75 Å². The number of hydrogen-bond donors (Lipinski definition) is 1. The molecule has 26 heavy (non-hydrogen) atoms. The van der Waals surface area contributed by atoms with Crippen LogP contribution in [0.3, 0.4) is 0 Å². The summed E-state index contributed by atoms with van der Waals surface area (Å²) >= 11 is 0. The van der Waals surface area contributed by atoms with Crippen LogP contribution in [-0.2, 0) is 22.5 Å². The van der Waals surface area contributed by atoms with Crippen molar-refractivity contribution in [2.45, 2.75) is 38.6 Å². The Kier molecular flexibility index (Phi) is 6.17. The molecule has 0 spiro atoms. The quantitative estimate of drug-likeness (QED) is 0.862. The van der Waals surface area contributed by atoms with Gasteiger partial charge in [0, 0.05) is 24.3 Å². The highest BCUT2D eigenvalue weighted by molar-refractivity contribution is 5.79. The van der Waals surface area contributed by atoms with Crippen LogP contribution in [0.4, 0.5) is 0 Å². The molecule has 2 heterocycles. The van der Waals surface area contributed by atoms with Crippen LogP contribution in [0.15, 0.2) is 30.5 Å². The molecule has 1 atom stereocenters. The minimum Gasteiger partial charge on any atom is -0.496 e. The van der Waals surface area contributed by atoms with E-state index in [1.54, 1.807) is 13.3 Å². The molecule has 1 aromatic heterocycles. The van der Waals surface area contributed by atoms with Gasteiger partial charge in [-0.1, -0.05) is 17.7 Å². The molecule has 1 amide bonds. The van der Waals surface area contributed by atoms with Gasteiger partial charge in [-0.2, -0.15) is 0 Å². The Bertz CT molecular complexity index is 758. The number of rotatable bonds is 6. The Morgan fingerprint density at radius 1 is 1.38 bits per heavy atom. The second kappa shape index (κ2) is 8.76. The Labute approximate surface area is 154 Å². The van der Waals surface area contributed by atoms with Gasteiger partial charge in [-0.05, 0) is 31.9 Å². The van der Waals surface area contributed by atoms with Gasteiger partial charge in [-0.25, -0.2) is 9.97 Å². The smallest absolute Gasteiger partial charge is 0.224 e. The maximum atomic E-state index is 12.3. The van der Waals surface area contributed by atoms with Gasteiger partial charge in [0.1, 0.15) is 11.6 Å². The summed E-state index contributed by atoms with van der Waals surface area (Å²) in [6.45, 7) is 3.87. The lowest BCUT2D eigenvalue weighted by Crippen LogP contribution is -2.26. The summed E-state index contributed by atoms with van der Waals surface area (Å²) in [5.41, 5.74) is 2.79. The Hall–Kier alpha value is -2.47. The molecule has 138 valence electrons. The van der Waals surface area contributed by atoms with Gasteiger partial charge >= 0.3 is 0 Å². The zero-order valence-electron chi connectivity index (χ0n) is 15.3. The number of aromatic nitrogens is 2. The average molecular weight is 355 g/mol. The molecule has 2 aromatic rings. The van der Waals surface area contributed by atoms with Crippen LogP contribution in [0.2, 0.25) is 0 Å². The average Bonchev–Trinajstić information content (AvgIpc) is 2.67. The second-order valence-electron chi connectivity index (χ2n) is 6.59. The monoisotopic (exact) mass is 355 g/mol. The van der Waals surface area contributed by atoms with E-state index in [9.17, 15) is 4.79 Å². The van der Waals surface area contributed by atoms with E-state index < -0.39 is 0 Å². The summed E-state index contributed by atoms with van der Waals surface area (Å²) in [5, 5.41) is 2.93. The van der Waals surface area contributed by atoms with E-state index in [4.69, 9.17) is 9.47 Å². The Morgan fingerprint density at radius 3 is 3.04 bits per heavy atom. The van der Waals surface area contributed by atoms with Crippen LogP contribution in [0.1, 0.15) is 41.4 Å². The highest BCUT2D eigenvalue weighted by Gasteiger charge is 2.19. The van der Waals surface area contributed by atoms with Gasteiger partial charge in [0.25, 0.3) is 0 Å². The van der Waals surface area contributed by atoms with Gasteiger partial charge < -0.3 is 14.8 Å². The largest absolute Gasteiger partial charge is 0.496 e. The first kappa shape index (κ1) is 18.3. The lowest BCUT2D eigenvalue weighted by atomic mass is 10.0. The van der Waals surface area contributed by atoms with Gasteiger partial charge in [0.05, 0.1) is 32.4 Å². The lowest BCUT2D eigenvalue weighted by Gasteiger charge is -2.20. The van der Waals surface area contributed by atoms with Crippen molar-refractivity contribution in [2.24, 2.45) is 0 Å². The molecular formula is C20H25N3O3. The summed E-state index contributed by atoms with van der Waals surface area (Å²) in [6, 6.07) is 7.67. The van der Waals surface area contributed by atoms with Crippen LogP contribution in [0.25, 0.3) is 0 Å². The number of methoxy groups -OCH3 is 1. The number of benzene rings is 1. The van der Waals surface area contributed by atoms with Crippen LogP contribution < -0.4 is 10.1 Å². The van der Waals surface area contributed by atoms with Gasteiger partial charge in [-0.15, -0.1) is 0 Å². The number of amides is 1. The van der Waals surface area contributed by atoms with Crippen molar-refractivity contribution in [3.8, 4) is 5.75 Å². The number of ether oxygens (including phenoxy) is 2. The zero-order valence-corrected chi connectivity index (χ0v) is 15.3. The van der Waals surface area contributed by atoms with Crippen molar-refractivity contribution in [3.05, 3.63) is 53.1 Å². The molecule has 1 fully saturated rings. The zero-order chi connectivity index (χ0) is 18.4. The van der Waals surface area contributed by atoms with Crippen molar-refractivity contribution >= 4 is 5.91 Å². The molecule has 0 bridgehead atoms. The van der Waals surface area contributed by atoms with Crippen molar-refractivity contribution in [1.29, 1.82) is 0 Å². The minimum atomic E-state index is -0.0601. The van der Waals surface area contributed by atoms with Crippen LogP contribution in [-0.4, -0.2) is 36.2 Å². The summed E-state index contributed by atoms with van der Waals surface area (Å²) in [6.07, 6.45) is 4.11. The second-order valence-corrected chi connectivity index (χ2v) is 6.59. The third kappa shape index (κ3) is 4.79. The van der Waals surface area contributed by atoms with Gasteiger partial charge in [-0.3, -0.25) is 4.79 Å². The molecule has 1 aromatic carbocycles. The van der Waals surface area contributed by atoms with Crippen LogP contribution >= 0.6 is 0 Å². The lowest BCUT2D eigenvalue weighted by molar-refractivity contribution is -0.120. The first-order valence-corrected chi connectivity index (χ1v) is 8.95. The third-order valence-electron chi connectivity index (χ3n) is 4.51. The number of aryl methyl sites for hydroxylation is 1. The predicted molar refractivity (Wildman–Crippen MR) is 98.1 cm³/mol. The molecule has 1 saturated heterocycles. The molecule has 1 aliphatic rings. The van der Waals surface area contributed by atoms with E-state index >= 15 is 0 Å². The van der Waals surface area contributed by atoms with Gasteiger partial charge in [0.15, 0.2) is 0 Å². The number of carbonyl (C=O) groups is 1. The predicted octanol–water partition coefficient (Wildman–Crippen LogP) is 2.55. The van der Waals surface area contributed by atoms with E-state index in [-0.39, 0.29) is 18.2 Å². The normalized spacial score (nSPS) is 16.9. The Morgan fingerprint density at radius 2 is 2.27 bits per heavy atom. The van der Waals surface area contributed by atoms with Crippen molar-refractivity contribution in [2.75, 3.05) is 20.3 Å². The van der Waals surface area contributed by atoms with E-state index in [1.807, 2.05) is 31.2 Å². The summed E-state index contributed by atoms with van der Waals surface area (Å²) in [7, 11) is 1.61. The summed E-state index contributed by atoms with van der Waals surface area (Å²) in [4.78, 5) is 21.3. The molecular weight excluding hydrogens is 330 g/mol. The molecule has 0 radical (unpaired) electrons. The molecule has 1 aliphatic heterocycles. The first-order chi connectivity index (χ1) is 12.7. The number of hydrogen-bond acceptors (Lipinski definition) is 5. The molecule has 6 nitrogen and oxygen atoms in total. The standard InChI is InChI=1S/C20H25N3O3/c1-14-5-6-18(25-2)16(10-14)11-19(24)22-12-17-7-8-21-20(23-17)15-4-3-9-26-13-15/h5-8,10,15H,3-4,9,11-13H2,1-2H3,(H,22,24)/t15-/m1/s1. The fourth-order valence-corrected chi connectivity index (χ4v) is 3.12. The fraction of sp³-hybridized carbons (Fsp3) is 0.450. The van der Waals surface area contributed by atoms with Gasteiger partial charge in [0.2, 0.25) is 5.91 Å². The molecule has 1 N–H and O–H groups in total. The van der Waals surface area contributed by atoms with Crippen molar-refractivity contribution in [3.63, 3.8) is 0 Å². The molecule has 0 unspecified atom stereocenters. The molecule has 6 heteroatoms. The SMILES string of the molecule is COc1ccc(C)cc1CC(=O)NCc1ccnc([C@@H]2CCCOC2)n1. The molecule has 0 aliphatic carbocycles. The highest BCUT2D eigenvalue weighted by atomic mass is 16.5. The highest BCUT2D eigenvalue weighted by Crippen LogP contribution is 2.22. The minimum absolute atomic E-state index is 0.0601. The summed E-state index contributed by atoms with van der Waals surface area (Å²) < 4.78 is 10.8. The third-order valence-corrected chi connectivity index (χ3v) is 4.51. The molecule has 3 rings (SSSR count). The van der Waals surface area contributed by atoms with E-state index in [2.05, 4.69) is 15.3 Å². The van der Waals surface area contributed by atoms with E-state index in [1.165, 1.54) is 0 Å². The van der Waals surface area contributed by atoms with Crippen molar-refractivity contribution < 1.29 is 14.3 Å². The topological polar surface area (TPSA) is 73.3 Å². The van der Waals surface area contributed by atoms with Crippen molar-refractivity contribution in [1.82, 2.24) is 15.3 Å². The number of carbonyl (C=O) groups excluding carboxylic acids is 1.